The van der Waals surface area contributed by atoms with E-state index in [1.807, 2.05) is 32.0 Å². The van der Waals surface area contributed by atoms with E-state index in [0.717, 1.165) is 18.7 Å². The van der Waals surface area contributed by atoms with Crippen LogP contribution < -0.4 is 10.1 Å². The molecular weight excluding hydrogens is 202 g/mol. The quantitative estimate of drug-likeness (QED) is 0.806. The Morgan fingerprint density at radius 1 is 1.44 bits per heavy atom. The minimum atomic E-state index is -0.238. The summed E-state index contributed by atoms with van der Waals surface area (Å²) in [6.07, 6.45) is 1.13. The van der Waals surface area contributed by atoms with Gasteiger partial charge in [-0.15, -0.1) is 0 Å². The zero-order valence-corrected chi connectivity index (χ0v) is 9.86. The standard InChI is InChI=1S/C13H19NO2/c1-13(2,9-15)14-8-11-7-10-5-3-4-6-12(10)16-11/h3-6,11,14-15H,7-9H2,1-2H3. The number of nitrogens with one attached hydrogen (secondary N) is 1. The van der Waals surface area contributed by atoms with Crippen molar-refractivity contribution in [3.8, 4) is 5.75 Å². The van der Waals surface area contributed by atoms with Crippen LogP contribution in [0.5, 0.6) is 5.75 Å². The van der Waals surface area contributed by atoms with E-state index in [2.05, 4.69) is 11.4 Å². The molecule has 1 unspecified atom stereocenters. The number of aliphatic hydroxyl groups excluding tert-OH is 1. The first-order valence-electron chi connectivity index (χ1n) is 5.71. The predicted octanol–water partition coefficient (Wildman–Crippen LogP) is 1.35. The lowest BCUT2D eigenvalue weighted by atomic mass is 10.1. The maximum absolute atomic E-state index is 9.14. The Kier molecular flexibility index (Phi) is 3.17. The van der Waals surface area contributed by atoms with Crippen molar-refractivity contribution in [1.82, 2.24) is 5.32 Å². The van der Waals surface area contributed by atoms with Crippen LogP contribution in [0.3, 0.4) is 0 Å². The van der Waals surface area contributed by atoms with Crippen LogP contribution in [-0.2, 0) is 6.42 Å². The van der Waals surface area contributed by atoms with E-state index in [4.69, 9.17) is 9.84 Å². The number of benzene rings is 1. The van der Waals surface area contributed by atoms with E-state index in [1.54, 1.807) is 0 Å². The highest BCUT2D eigenvalue weighted by Gasteiger charge is 2.24. The van der Waals surface area contributed by atoms with Crippen LogP contribution in [0, 0.1) is 0 Å². The number of fused-ring (bicyclic) bond motifs is 1. The Morgan fingerprint density at radius 2 is 2.19 bits per heavy atom. The van der Waals surface area contributed by atoms with Crippen molar-refractivity contribution >= 4 is 0 Å². The van der Waals surface area contributed by atoms with E-state index >= 15 is 0 Å². The summed E-state index contributed by atoms with van der Waals surface area (Å²) in [6, 6.07) is 8.14. The topological polar surface area (TPSA) is 41.5 Å². The van der Waals surface area contributed by atoms with Gasteiger partial charge in [0.1, 0.15) is 11.9 Å². The zero-order chi connectivity index (χ0) is 11.6. The van der Waals surface area contributed by atoms with Crippen LogP contribution >= 0.6 is 0 Å². The molecule has 0 amide bonds. The Labute approximate surface area is 96.4 Å². The summed E-state index contributed by atoms with van der Waals surface area (Å²) < 4.78 is 5.80. The van der Waals surface area contributed by atoms with Crippen LogP contribution in [0.2, 0.25) is 0 Å². The van der Waals surface area contributed by atoms with Crippen LogP contribution in [0.15, 0.2) is 24.3 Å². The van der Waals surface area contributed by atoms with Crippen molar-refractivity contribution in [2.24, 2.45) is 0 Å². The molecule has 0 bridgehead atoms. The van der Waals surface area contributed by atoms with Gasteiger partial charge in [-0.1, -0.05) is 18.2 Å². The molecule has 1 aliphatic rings. The van der Waals surface area contributed by atoms with Crippen LogP contribution in [0.1, 0.15) is 19.4 Å². The molecule has 2 rings (SSSR count). The number of hydrogen-bond acceptors (Lipinski definition) is 3. The van der Waals surface area contributed by atoms with Crippen molar-refractivity contribution in [1.29, 1.82) is 0 Å². The minimum Gasteiger partial charge on any atom is -0.488 e. The average Bonchev–Trinajstić information content (AvgIpc) is 2.69. The summed E-state index contributed by atoms with van der Waals surface area (Å²) in [7, 11) is 0. The summed E-state index contributed by atoms with van der Waals surface area (Å²) in [5.41, 5.74) is 1.04. The molecule has 1 heterocycles. The van der Waals surface area contributed by atoms with Gasteiger partial charge in [-0.2, -0.15) is 0 Å². The van der Waals surface area contributed by atoms with Gasteiger partial charge in [0.05, 0.1) is 6.61 Å². The molecule has 0 aliphatic carbocycles. The smallest absolute Gasteiger partial charge is 0.123 e. The van der Waals surface area contributed by atoms with Gasteiger partial charge in [0.2, 0.25) is 0 Å². The number of rotatable bonds is 4. The van der Waals surface area contributed by atoms with Crippen LogP contribution in [0.25, 0.3) is 0 Å². The number of para-hydroxylation sites is 1. The second kappa shape index (κ2) is 4.44. The zero-order valence-electron chi connectivity index (χ0n) is 9.86. The molecule has 1 aliphatic heterocycles. The first-order chi connectivity index (χ1) is 7.61. The molecule has 2 N–H and O–H groups in total. The number of aliphatic hydroxyl groups is 1. The van der Waals surface area contributed by atoms with Crippen molar-refractivity contribution in [2.75, 3.05) is 13.2 Å². The van der Waals surface area contributed by atoms with Crippen molar-refractivity contribution in [2.45, 2.75) is 31.9 Å². The lowest BCUT2D eigenvalue weighted by molar-refractivity contribution is 0.160. The monoisotopic (exact) mass is 221 g/mol. The van der Waals surface area contributed by atoms with Gasteiger partial charge in [-0.05, 0) is 25.5 Å². The molecule has 0 fully saturated rings. The maximum atomic E-state index is 9.14. The van der Waals surface area contributed by atoms with E-state index in [1.165, 1.54) is 5.56 Å². The summed E-state index contributed by atoms with van der Waals surface area (Å²) in [4.78, 5) is 0. The molecule has 0 radical (unpaired) electrons. The number of hydrogen-bond donors (Lipinski definition) is 2. The fourth-order valence-electron chi connectivity index (χ4n) is 1.81. The SMILES string of the molecule is CC(C)(CO)NCC1Cc2ccccc2O1. The summed E-state index contributed by atoms with van der Waals surface area (Å²) in [5.74, 6) is 0.996. The van der Waals surface area contributed by atoms with Gasteiger partial charge < -0.3 is 15.2 Å². The maximum Gasteiger partial charge on any atom is 0.123 e. The average molecular weight is 221 g/mol. The van der Waals surface area contributed by atoms with E-state index in [-0.39, 0.29) is 18.2 Å². The van der Waals surface area contributed by atoms with Gasteiger partial charge in [0, 0.05) is 18.5 Å². The minimum absolute atomic E-state index is 0.132. The van der Waals surface area contributed by atoms with E-state index in [0.29, 0.717) is 0 Å². The Bertz CT molecular complexity index is 338. The molecule has 0 aromatic heterocycles. The first-order valence-corrected chi connectivity index (χ1v) is 5.71. The number of ether oxygens (including phenoxy) is 1. The third-order valence-electron chi connectivity index (χ3n) is 2.92. The fourth-order valence-corrected chi connectivity index (χ4v) is 1.81. The molecule has 3 nitrogen and oxygen atoms in total. The van der Waals surface area contributed by atoms with Crippen molar-refractivity contribution in [3.05, 3.63) is 29.8 Å². The lowest BCUT2D eigenvalue weighted by Gasteiger charge is -2.25. The molecule has 1 atom stereocenters. The summed E-state index contributed by atoms with van der Waals surface area (Å²) >= 11 is 0. The largest absolute Gasteiger partial charge is 0.488 e. The molecule has 0 saturated carbocycles. The second-order valence-corrected chi connectivity index (χ2v) is 4.97. The van der Waals surface area contributed by atoms with E-state index < -0.39 is 0 Å². The van der Waals surface area contributed by atoms with Crippen LogP contribution in [0.4, 0.5) is 0 Å². The lowest BCUT2D eigenvalue weighted by Crippen LogP contribution is -2.47. The third-order valence-corrected chi connectivity index (χ3v) is 2.92. The Balaban J connectivity index is 1.88. The van der Waals surface area contributed by atoms with Gasteiger partial charge in [-0.25, -0.2) is 0 Å². The van der Waals surface area contributed by atoms with Crippen molar-refractivity contribution in [3.63, 3.8) is 0 Å². The van der Waals surface area contributed by atoms with Gasteiger partial charge in [0.15, 0.2) is 0 Å². The van der Waals surface area contributed by atoms with Crippen molar-refractivity contribution < 1.29 is 9.84 Å². The Morgan fingerprint density at radius 3 is 2.88 bits per heavy atom. The highest BCUT2D eigenvalue weighted by molar-refractivity contribution is 5.37. The Hall–Kier alpha value is -1.06. The summed E-state index contributed by atoms with van der Waals surface area (Å²) in [6.45, 7) is 4.86. The molecule has 0 spiro atoms. The normalized spacial score (nSPS) is 19.3. The highest BCUT2D eigenvalue weighted by atomic mass is 16.5. The molecule has 1 aromatic carbocycles. The molecule has 16 heavy (non-hydrogen) atoms. The molecule has 88 valence electrons. The highest BCUT2D eigenvalue weighted by Crippen LogP contribution is 2.27. The van der Waals surface area contributed by atoms with Crippen LogP contribution in [-0.4, -0.2) is 29.9 Å². The van der Waals surface area contributed by atoms with E-state index in [9.17, 15) is 0 Å². The van der Waals surface area contributed by atoms with Gasteiger partial charge >= 0.3 is 0 Å². The molecular formula is C13H19NO2. The summed E-state index contributed by atoms with van der Waals surface area (Å²) in [5, 5.41) is 12.4. The molecule has 0 saturated heterocycles. The van der Waals surface area contributed by atoms with Gasteiger partial charge in [0.25, 0.3) is 0 Å². The molecule has 1 aromatic rings. The predicted molar refractivity (Wildman–Crippen MR) is 63.7 cm³/mol. The molecule has 3 heteroatoms. The third kappa shape index (κ3) is 2.54. The van der Waals surface area contributed by atoms with Gasteiger partial charge in [-0.3, -0.25) is 0 Å². The fraction of sp³-hybridized carbons (Fsp3) is 0.538. The first kappa shape index (κ1) is 11.4. The second-order valence-electron chi connectivity index (χ2n) is 4.97.